The number of esters is 1. The molecule has 14 heteroatoms. The third kappa shape index (κ3) is 6.75. The average molecular weight is 657 g/mol. The molecule has 2 N–H and O–H groups in total. The molecule has 2 fully saturated rings. The molecule has 2 amide bonds. The fraction of sp³-hybridized carbons (Fsp3) is 0.323. The van der Waals surface area contributed by atoms with E-state index < -0.39 is 56.4 Å². The fourth-order valence-corrected chi connectivity index (χ4v) is 6.95. The van der Waals surface area contributed by atoms with Gasteiger partial charge in [0.15, 0.2) is 0 Å². The molecule has 0 aliphatic heterocycles. The molecule has 2 aliphatic carbocycles. The Bertz CT molecular complexity index is 1670. The van der Waals surface area contributed by atoms with Crippen LogP contribution in [0, 0.1) is 23.6 Å². The summed E-state index contributed by atoms with van der Waals surface area (Å²) >= 11 is 0. The van der Waals surface area contributed by atoms with Gasteiger partial charge in [-0.2, -0.15) is 0 Å². The Hall–Kier alpha value is -4.20. The van der Waals surface area contributed by atoms with E-state index in [2.05, 4.69) is 10.6 Å². The summed E-state index contributed by atoms with van der Waals surface area (Å²) in [7, 11) is -8.72. The van der Waals surface area contributed by atoms with E-state index in [9.17, 15) is 33.8 Å². The number of amides is 2. The Morgan fingerprint density at radius 1 is 0.933 bits per heavy atom. The van der Waals surface area contributed by atoms with E-state index >= 15 is 4.39 Å². The lowest BCUT2D eigenvalue weighted by Gasteiger charge is -2.40. The number of hydrogen-bond acceptors (Lipinski definition) is 5. The Kier molecular flexibility index (Phi) is 7.87. The molecule has 3 aromatic rings. The maximum Gasteiger partial charge on any atom is 0.338 e. The van der Waals surface area contributed by atoms with E-state index in [0.717, 1.165) is 18.2 Å². The number of rotatable bonds is 9. The molecular formula is C31H30F6N2O5S. The van der Waals surface area contributed by atoms with Gasteiger partial charge in [-0.05, 0) is 80.0 Å². The van der Waals surface area contributed by atoms with Crippen molar-refractivity contribution in [3.05, 3.63) is 77.6 Å². The van der Waals surface area contributed by atoms with Crippen molar-refractivity contribution in [1.29, 1.82) is 0 Å². The summed E-state index contributed by atoms with van der Waals surface area (Å²) in [5, 5.41) is 5.17. The Balaban J connectivity index is 1.39. The van der Waals surface area contributed by atoms with Crippen LogP contribution in [0.5, 0.6) is 5.75 Å². The van der Waals surface area contributed by atoms with Gasteiger partial charge in [-0.15, -0.1) is 0 Å². The third-order valence-electron chi connectivity index (χ3n) is 8.30. The molecule has 2 saturated carbocycles. The van der Waals surface area contributed by atoms with Gasteiger partial charge in [-0.25, -0.2) is 9.18 Å². The number of fused-ring (bicyclic) bond motifs is 2. The van der Waals surface area contributed by atoms with Crippen LogP contribution >= 0.6 is 10.2 Å². The highest BCUT2D eigenvalue weighted by molar-refractivity contribution is 8.45. The Morgan fingerprint density at radius 2 is 1.62 bits per heavy atom. The molecule has 2 aliphatic rings. The van der Waals surface area contributed by atoms with Crippen molar-refractivity contribution in [2.24, 2.45) is 17.8 Å². The number of carbonyl (C=O) groups is 3. The molecule has 0 radical (unpaired) electrons. The second-order valence-electron chi connectivity index (χ2n) is 11.2. The minimum atomic E-state index is -9.97. The van der Waals surface area contributed by atoms with Crippen LogP contribution in [0.25, 0.3) is 11.1 Å². The van der Waals surface area contributed by atoms with Gasteiger partial charge in [-0.3, -0.25) is 9.59 Å². The van der Waals surface area contributed by atoms with Crippen molar-refractivity contribution in [3.63, 3.8) is 0 Å². The molecule has 7 nitrogen and oxygen atoms in total. The first-order valence-corrected chi connectivity index (χ1v) is 16.0. The highest BCUT2D eigenvalue weighted by atomic mass is 32.5. The second kappa shape index (κ2) is 11.0. The van der Waals surface area contributed by atoms with Gasteiger partial charge in [0.1, 0.15) is 16.5 Å². The van der Waals surface area contributed by atoms with Crippen molar-refractivity contribution in [2.45, 2.75) is 37.1 Å². The van der Waals surface area contributed by atoms with Crippen molar-refractivity contribution >= 4 is 33.7 Å². The monoisotopic (exact) mass is 656 g/mol. The molecule has 45 heavy (non-hydrogen) atoms. The zero-order valence-electron chi connectivity index (χ0n) is 24.1. The van der Waals surface area contributed by atoms with Crippen LogP contribution in [0.3, 0.4) is 0 Å². The summed E-state index contributed by atoms with van der Waals surface area (Å²) in [5.41, 5.74) is 0.186. The lowest BCUT2D eigenvalue weighted by molar-refractivity contribution is -0.122. The zero-order chi connectivity index (χ0) is 32.8. The highest BCUT2D eigenvalue weighted by Crippen LogP contribution is 3.02. The van der Waals surface area contributed by atoms with Crippen LogP contribution in [-0.2, 0) is 9.53 Å². The van der Waals surface area contributed by atoms with E-state index in [1.165, 1.54) is 37.4 Å². The quantitative estimate of drug-likeness (QED) is 0.179. The summed E-state index contributed by atoms with van der Waals surface area (Å²) in [6.07, 6.45) is 1.91. The van der Waals surface area contributed by atoms with Crippen LogP contribution in [0.2, 0.25) is 0 Å². The zero-order valence-corrected chi connectivity index (χ0v) is 24.9. The predicted molar refractivity (Wildman–Crippen MR) is 156 cm³/mol. The average Bonchev–Trinajstić information content (AvgIpc) is 3.58. The molecule has 2 bridgehead atoms. The highest BCUT2D eigenvalue weighted by Gasteiger charge is 2.65. The summed E-state index contributed by atoms with van der Waals surface area (Å²) in [6.45, 7) is 1.85. The van der Waals surface area contributed by atoms with Crippen LogP contribution in [0.4, 0.5) is 29.5 Å². The lowest BCUT2D eigenvalue weighted by atomic mass is 9.83. The van der Waals surface area contributed by atoms with E-state index in [4.69, 9.17) is 9.47 Å². The van der Waals surface area contributed by atoms with E-state index in [0.29, 0.717) is 24.8 Å². The smallest absolute Gasteiger partial charge is 0.338 e. The third-order valence-corrected chi connectivity index (χ3v) is 9.45. The van der Waals surface area contributed by atoms with Gasteiger partial charge < -0.3 is 20.1 Å². The molecule has 5 rings (SSSR count). The lowest BCUT2D eigenvalue weighted by Crippen LogP contribution is -2.48. The molecule has 242 valence electrons. The first-order valence-electron chi connectivity index (χ1n) is 14.1. The number of methoxy groups -OCH3 is 1. The largest absolute Gasteiger partial charge is 0.496 e. The second-order valence-corrected chi connectivity index (χ2v) is 13.6. The predicted octanol–water partition coefficient (Wildman–Crippen LogP) is 8.12. The van der Waals surface area contributed by atoms with Crippen molar-refractivity contribution in [1.82, 2.24) is 5.32 Å². The maximum atomic E-state index is 15.1. The van der Waals surface area contributed by atoms with Crippen molar-refractivity contribution in [3.8, 4) is 16.9 Å². The molecule has 4 atom stereocenters. The minimum absolute atomic E-state index is 0.0334. The SMILES string of the molecule is CCOC(=O)c1ccc(-c2cc(C(=O)N[C@@H]3[C@H]4CC[C@H](C4)[C@@H]3C(=O)Nc3cccc(S(F)(F)(F)(F)F)c3)c(OC)cc2F)cc1. The molecule has 0 unspecified atom stereocenters. The number of anilines is 1. The number of benzene rings is 3. The first kappa shape index (κ1) is 32.2. The summed E-state index contributed by atoms with van der Waals surface area (Å²) in [4.78, 5) is 36.8. The van der Waals surface area contributed by atoms with Crippen molar-refractivity contribution in [2.75, 3.05) is 19.0 Å². The fourth-order valence-electron chi connectivity index (χ4n) is 6.27. The summed E-state index contributed by atoms with van der Waals surface area (Å²) in [6, 6.07) is 9.84. The van der Waals surface area contributed by atoms with Gasteiger partial charge in [0.2, 0.25) is 5.91 Å². The number of ether oxygens (including phenoxy) is 2. The van der Waals surface area contributed by atoms with E-state index in [1.54, 1.807) is 6.92 Å². The van der Waals surface area contributed by atoms with Gasteiger partial charge in [0.05, 0.1) is 30.8 Å². The molecule has 0 saturated heterocycles. The van der Waals surface area contributed by atoms with Crippen LogP contribution in [-0.4, -0.2) is 37.5 Å². The number of halogens is 6. The normalized spacial score (nSPS) is 22.2. The van der Waals surface area contributed by atoms with Gasteiger partial charge in [0, 0.05) is 23.4 Å². The first-order chi connectivity index (χ1) is 21.0. The van der Waals surface area contributed by atoms with Crippen LogP contribution in [0.1, 0.15) is 46.9 Å². The topological polar surface area (TPSA) is 93.7 Å². The molecule has 3 aromatic carbocycles. The molecule has 0 heterocycles. The van der Waals surface area contributed by atoms with Crippen LogP contribution in [0.15, 0.2) is 65.6 Å². The van der Waals surface area contributed by atoms with Gasteiger partial charge in [0.25, 0.3) is 5.91 Å². The standard InChI is InChI=1S/C31H30F6N2O5S/c1-3-44-31(42)18-9-7-17(8-10-18)23-15-24(26(43-2)16-25(23)32)29(40)39-28-20-12-11-19(13-20)27(28)30(41)38-21-5-4-6-22(14-21)45(33,34,35,36)37/h4-10,14-16,19-20,27-28H,3,11-13H2,1-2H3,(H,38,41)(H,39,40)/t19-,20+,27+,28-/m1/s1. The minimum Gasteiger partial charge on any atom is -0.496 e. The number of carbonyl (C=O) groups excluding carboxylic acids is 3. The maximum absolute atomic E-state index is 15.1. The van der Waals surface area contributed by atoms with Crippen LogP contribution < -0.4 is 15.4 Å². The Morgan fingerprint density at radius 3 is 2.27 bits per heavy atom. The summed E-state index contributed by atoms with van der Waals surface area (Å²) in [5.74, 6) is -3.86. The number of nitrogens with one attached hydrogen (secondary N) is 2. The molecule has 0 aromatic heterocycles. The van der Waals surface area contributed by atoms with Crippen molar-refractivity contribution < 1.29 is 47.7 Å². The summed E-state index contributed by atoms with van der Waals surface area (Å²) < 4.78 is 92.1. The molecule has 0 spiro atoms. The van der Waals surface area contributed by atoms with Gasteiger partial charge in [-0.1, -0.05) is 37.6 Å². The molecular weight excluding hydrogens is 626 g/mol. The van der Waals surface area contributed by atoms with E-state index in [-0.39, 0.29) is 53.0 Å². The van der Waals surface area contributed by atoms with E-state index in [1.807, 2.05) is 0 Å². The number of hydrogen-bond donors (Lipinski definition) is 2. The Labute approximate surface area is 255 Å². The van der Waals surface area contributed by atoms with Gasteiger partial charge >= 0.3 is 16.2 Å².